The number of pyridine rings is 1. The Kier molecular flexibility index (Phi) is 5.19. The van der Waals surface area contributed by atoms with Crippen LogP contribution in [0.1, 0.15) is 11.1 Å². The fourth-order valence-corrected chi connectivity index (χ4v) is 2.04. The molecule has 0 saturated carbocycles. The van der Waals surface area contributed by atoms with Gasteiger partial charge in [0, 0.05) is 35.9 Å². The molecule has 1 aromatic carbocycles. The first-order chi connectivity index (χ1) is 9.29. The molecule has 0 aliphatic rings. The van der Waals surface area contributed by atoms with Crippen LogP contribution in [0.15, 0.2) is 42.7 Å². The summed E-state index contributed by atoms with van der Waals surface area (Å²) in [5.74, 6) is 0.882. The van der Waals surface area contributed by atoms with E-state index in [4.69, 9.17) is 16.3 Å². The lowest BCUT2D eigenvalue weighted by Crippen LogP contribution is -2.09. The molecule has 0 spiro atoms. The van der Waals surface area contributed by atoms with Crippen LogP contribution in [0.5, 0.6) is 5.75 Å². The van der Waals surface area contributed by atoms with E-state index in [1.807, 2.05) is 37.4 Å². The number of hydrogen-bond donors (Lipinski definition) is 1. The van der Waals surface area contributed by atoms with Crippen LogP contribution in [0.25, 0.3) is 0 Å². The van der Waals surface area contributed by atoms with Gasteiger partial charge in [-0.3, -0.25) is 4.98 Å². The third-order valence-corrected chi connectivity index (χ3v) is 3.02. The van der Waals surface area contributed by atoms with Gasteiger partial charge in [0.15, 0.2) is 0 Å². The van der Waals surface area contributed by atoms with Gasteiger partial charge in [0.05, 0.1) is 6.61 Å². The smallest absolute Gasteiger partial charge is 0.123 e. The van der Waals surface area contributed by atoms with Gasteiger partial charge in [0.25, 0.3) is 0 Å². The number of hydrogen-bond acceptors (Lipinski definition) is 3. The van der Waals surface area contributed by atoms with Crippen LogP contribution < -0.4 is 10.1 Å². The van der Waals surface area contributed by atoms with Crippen molar-refractivity contribution in [3.05, 3.63) is 58.9 Å². The van der Waals surface area contributed by atoms with Crippen molar-refractivity contribution in [2.45, 2.75) is 13.0 Å². The van der Waals surface area contributed by atoms with Crippen molar-refractivity contribution in [1.82, 2.24) is 10.3 Å². The quantitative estimate of drug-likeness (QED) is 0.880. The van der Waals surface area contributed by atoms with Crippen LogP contribution in [0, 0.1) is 0 Å². The molecule has 0 aliphatic carbocycles. The molecule has 0 saturated heterocycles. The van der Waals surface area contributed by atoms with Gasteiger partial charge in [-0.15, -0.1) is 0 Å². The van der Waals surface area contributed by atoms with Gasteiger partial charge in [0.1, 0.15) is 5.75 Å². The van der Waals surface area contributed by atoms with E-state index in [9.17, 15) is 0 Å². The summed E-state index contributed by atoms with van der Waals surface area (Å²) in [6.45, 7) is 1.38. The van der Waals surface area contributed by atoms with Crippen molar-refractivity contribution in [3.8, 4) is 5.75 Å². The first-order valence-corrected chi connectivity index (χ1v) is 6.62. The molecule has 0 bridgehead atoms. The Labute approximate surface area is 118 Å². The highest BCUT2D eigenvalue weighted by molar-refractivity contribution is 6.30. The van der Waals surface area contributed by atoms with Gasteiger partial charge in [-0.05, 0) is 42.9 Å². The van der Waals surface area contributed by atoms with Gasteiger partial charge in [0.2, 0.25) is 0 Å². The number of rotatable bonds is 6. The van der Waals surface area contributed by atoms with Gasteiger partial charge in [-0.25, -0.2) is 0 Å². The average molecular weight is 277 g/mol. The maximum absolute atomic E-state index is 5.99. The van der Waals surface area contributed by atoms with E-state index >= 15 is 0 Å². The van der Waals surface area contributed by atoms with Crippen molar-refractivity contribution in [1.29, 1.82) is 0 Å². The number of halogens is 1. The Hall–Kier alpha value is -1.58. The summed E-state index contributed by atoms with van der Waals surface area (Å²) >= 11 is 5.99. The molecule has 4 heteroatoms. The molecule has 1 heterocycles. The van der Waals surface area contributed by atoms with Gasteiger partial charge in [-0.1, -0.05) is 11.6 Å². The van der Waals surface area contributed by atoms with Crippen LogP contribution >= 0.6 is 11.6 Å². The molecule has 0 radical (unpaired) electrons. The molecule has 2 aromatic rings. The molecule has 0 unspecified atom stereocenters. The zero-order valence-electron chi connectivity index (χ0n) is 10.9. The van der Waals surface area contributed by atoms with Crippen molar-refractivity contribution >= 4 is 11.6 Å². The zero-order valence-corrected chi connectivity index (χ0v) is 11.7. The van der Waals surface area contributed by atoms with E-state index in [1.165, 1.54) is 5.56 Å². The Morgan fingerprint density at radius 3 is 2.74 bits per heavy atom. The lowest BCUT2D eigenvalue weighted by atomic mass is 10.2. The molecule has 0 atom stereocenters. The van der Waals surface area contributed by atoms with E-state index in [-0.39, 0.29) is 0 Å². The van der Waals surface area contributed by atoms with Gasteiger partial charge >= 0.3 is 0 Å². The molecule has 2 rings (SSSR count). The van der Waals surface area contributed by atoms with Crippen LogP contribution in [-0.2, 0) is 13.0 Å². The fourth-order valence-electron chi connectivity index (χ4n) is 1.85. The first kappa shape index (κ1) is 13.8. The Bertz CT molecular complexity index is 517. The highest BCUT2D eigenvalue weighted by Gasteiger charge is 2.04. The molecule has 0 aliphatic heterocycles. The summed E-state index contributed by atoms with van der Waals surface area (Å²) in [6.07, 6.45) is 4.46. The monoisotopic (exact) mass is 276 g/mol. The minimum Gasteiger partial charge on any atom is -0.493 e. The molecule has 1 aromatic heterocycles. The SMILES string of the molecule is CNCc1cc(Cl)ccc1OCCc1ccncc1. The van der Waals surface area contributed by atoms with Crippen LogP contribution in [0.2, 0.25) is 5.02 Å². The molecule has 3 nitrogen and oxygen atoms in total. The molecular formula is C15H17ClN2O. The second-order valence-electron chi connectivity index (χ2n) is 4.24. The summed E-state index contributed by atoms with van der Waals surface area (Å²) in [4.78, 5) is 4.00. The number of nitrogens with zero attached hydrogens (tertiary/aromatic N) is 1. The third kappa shape index (κ3) is 4.23. The van der Waals surface area contributed by atoms with Crippen LogP contribution in [-0.4, -0.2) is 18.6 Å². The van der Waals surface area contributed by atoms with E-state index in [1.54, 1.807) is 12.4 Å². The predicted octanol–water partition coefficient (Wildman–Crippen LogP) is 3.08. The summed E-state index contributed by atoms with van der Waals surface area (Å²) in [5, 5.41) is 3.84. The minimum atomic E-state index is 0.641. The summed E-state index contributed by atoms with van der Waals surface area (Å²) in [7, 11) is 1.90. The lowest BCUT2D eigenvalue weighted by Gasteiger charge is -2.11. The van der Waals surface area contributed by atoms with Crippen molar-refractivity contribution < 1.29 is 4.74 Å². The molecule has 0 amide bonds. The number of aromatic nitrogens is 1. The summed E-state index contributed by atoms with van der Waals surface area (Å²) < 4.78 is 5.83. The summed E-state index contributed by atoms with van der Waals surface area (Å²) in [5.41, 5.74) is 2.30. The predicted molar refractivity (Wildman–Crippen MR) is 77.7 cm³/mol. The van der Waals surface area contributed by atoms with Crippen molar-refractivity contribution in [2.24, 2.45) is 0 Å². The third-order valence-electron chi connectivity index (χ3n) is 2.79. The van der Waals surface area contributed by atoms with Gasteiger partial charge < -0.3 is 10.1 Å². The largest absolute Gasteiger partial charge is 0.493 e. The highest BCUT2D eigenvalue weighted by Crippen LogP contribution is 2.23. The number of benzene rings is 1. The second kappa shape index (κ2) is 7.12. The zero-order chi connectivity index (χ0) is 13.5. The molecule has 100 valence electrons. The maximum Gasteiger partial charge on any atom is 0.123 e. The number of nitrogens with one attached hydrogen (secondary N) is 1. The van der Waals surface area contributed by atoms with E-state index in [2.05, 4.69) is 10.3 Å². The Balaban J connectivity index is 1.95. The first-order valence-electron chi connectivity index (χ1n) is 6.24. The highest BCUT2D eigenvalue weighted by atomic mass is 35.5. The van der Waals surface area contributed by atoms with Crippen molar-refractivity contribution in [2.75, 3.05) is 13.7 Å². The van der Waals surface area contributed by atoms with E-state index in [0.29, 0.717) is 6.61 Å². The molecular weight excluding hydrogens is 260 g/mol. The fraction of sp³-hybridized carbons (Fsp3) is 0.267. The molecule has 1 N–H and O–H groups in total. The number of ether oxygens (including phenoxy) is 1. The maximum atomic E-state index is 5.99. The topological polar surface area (TPSA) is 34.1 Å². The molecule has 0 fully saturated rings. The minimum absolute atomic E-state index is 0.641. The Morgan fingerprint density at radius 2 is 2.00 bits per heavy atom. The average Bonchev–Trinajstić information content (AvgIpc) is 2.43. The second-order valence-corrected chi connectivity index (χ2v) is 4.67. The standard InChI is InChI=1S/C15H17ClN2O/c1-17-11-13-10-14(16)2-3-15(13)19-9-6-12-4-7-18-8-5-12/h2-5,7-8,10,17H,6,9,11H2,1H3. The Morgan fingerprint density at radius 1 is 1.21 bits per heavy atom. The van der Waals surface area contributed by atoms with Crippen LogP contribution in [0.3, 0.4) is 0 Å². The van der Waals surface area contributed by atoms with E-state index in [0.717, 1.165) is 29.3 Å². The normalized spacial score (nSPS) is 10.4. The van der Waals surface area contributed by atoms with Crippen LogP contribution in [0.4, 0.5) is 0 Å². The van der Waals surface area contributed by atoms with Gasteiger partial charge in [-0.2, -0.15) is 0 Å². The van der Waals surface area contributed by atoms with E-state index < -0.39 is 0 Å². The molecule has 19 heavy (non-hydrogen) atoms. The lowest BCUT2D eigenvalue weighted by molar-refractivity contribution is 0.318. The summed E-state index contributed by atoms with van der Waals surface area (Å²) in [6, 6.07) is 9.70. The van der Waals surface area contributed by atoms with Crippen molar-refractivity contribution in [3.63, 3.8) is 0 Å².